The molecule has 3 rings (SSSR count). The predicted molar refractivity (Wildman–Crippen MR) is 99.3 cm³/mol. The molecule has 0 saturated carbocycles. The van der Waals surface area contributed by atoms with Gasteiger partial charge in [-0.3, -0.25) is 0 Å². The summed E-state index contributed by atoms with van der Waals surface area (Å²) in [5.74, 6) is 1.17. The summed E-state index contributed by atoms with van der Waals surface area (Å²) >= 11 is 6.00. The van der Waals surface area contributed by atoms with Crippen LogP contribution in [-0.2, 0) is 10.0 Å². The largest absolute Gasteiger partial charge is 0.435 e. The van der Waals surface area contributed by atoms with Gasteiger partial charge in [0.05, 0.1) is 4.90 Å². The SMILES string of the molecule is O=S(=O)(c1ccc(OC(F)F)cc1)N1CCC(CC2CCN(Cl)CC2)CC1. The van der Waals surface area contributed by atoms with Crippen LogP contribution >= 0.6 is 11.8 Å². The summed E-state index contributed by atoms with van der Waals surface area (Å²) in [5.41, 5.74) is 0. The molecule has 0 unspecified atom stereocenters. The summed E-state index contributed by atoms with van der Waals surface area (Å²) in [7, 11) is -3.60. The van der Waals surface area contributed by atoms with Gasteiger partial charge >= 0.3 is 6.61 Å². The Kier molecular flexibility index (Phi) is 6.94. The Bertz CT molecular complexity index is 702. The van der Waals surface area contributed by atoms with E-state index in [2.05, 4.69) is 4.74 Å². The van der Waals surface area contributed by atoms with Crippen LogP contribution in [0, 0.1) is 11.8 Å². The van der Waals surface area contributed by atoms with Gasteiger partial charge in [-0.1, -0.05) is 0 Å². The lowest BCUT2D eigenvalue weighted by Crippen LogP contribution is -2.39. The number of piperidine rings is 2. The normalized spacial score (nSPS) is 21.6. The Morgan fingerprint density at radius 3 is 2.04 bits per heavy atom. The Labute approximate surface area is 164 Å². The van der Waals surface area contributed by atoms with E-state index in [4.69, 9.17) is 11.8 Å². The van der Waals surface area contributed by atoms with Crippen molar-refractivity contribution in [2.45, 2.75) is 43.6 Å². The topological polar surface area (TPSA) is 49.9 Å². The molecule has 0 N–H and O–H groups in total. The summed E-state index contributed by atoms with van der Waals surface area (Å²) in [6.07, 6.45) is 5.06. The highest BCUT2D eigenvalue weighted by molar-refractivity contribution is 7.89. The molecule has 0 bridgehead atoms. The summed E-state index contributed by atoms with van der Waals surface area (Å²) in [6.45, 7) is -0.0916. The number of ether oxygens (including phenoxy) is 1. The summed E-state index contributed by atoms with van der Waals surface area (Å²) in [6, 6.07) is 5.15. The number of alkyl halides is 2. The molecular weight excluding hydrogens is 398 g/mol. The molecule has 2 fully saturated rings. The van der Waals surface area contributed by atoms with Gasteiger partial charge in [0.15, 0.2) is 0 Å². The highest BCUT2D eigenvalue weighted by atomic mass is 35.5. The zero-order valence-electron chi connectivity index (χ0n) is 15.1. The number of sulfonamides is 1. The minimum absolute atomic E-state index is 0.0503. The van der Waals surface area contributed by atoms with Gasteiger partial charge in [0.1, 0.15) is 5.75 Å². The maximum Gasteiger partial charge on any atom is 0.387 e. The van der Waals surface area contributed by atoms with E-state index in [1.54, 1.807) is 0 Å². The van der Waals surface area contributed by atoms with Crippen LogP contribution in [0.25, 0.3) is 0 Å². The van der Waals surface area contributed by atoms with Crippen molar-refractivity contribution in [2.75, 3.05) is 26.2 Å². The Morgan fingerprint density at radius 2 is 1.52 bits per heavy atom. The molecule has 2 aliphatic rings. The fourth-order valence-corrected chi connectivity index (χ4v) is 5.60. The van der Waals surface area contributed by atoms with Crippen molar-refractivity contribution in [1.29, 1.82) is 0 Å². The van der Waals surface area contributed by atoms with Gasteiger partial charge in [-0.15, -0.1) is 0 Å². The number of hydrogen-bond donors (Lipinski definition) is 0. The van der Waals surface area contributed by atoms with E-state index in [1.807, 2.05) is 4.42 Å². The van der Waals surface area contributed by atoms with Crippen LogP contribution in [-0.4, -0.2) is 49.9 Å². The third-order valence-corrected chi connectivity index (χ3v) is 7.74. The molecule has 1 aromatic rings. The van der Waals surface area contributed by atoms with Crippen molar-refractivity contribution in [1.82, 2.24) is 8.72 Å². The highest BCUT2D eigenvalue weighted by Gasteiger charge is 2.31. The van der Waals surface area contributed by atoms with E-state index < -0.39 is 16.6 Å². The van der Waals surface area contributed by atoms with E-state index in [0.29, 0.717) is 24.9 Å². The van der Waals surface area contributed by atoms with Crippen LogP contribution in [0.4, 0.5) is 8.78 Å². The number of halogens is 3. The molecule has 9 heteroatoms. The quantitative estimate of drug-likeness (QED) is 0.651. The van der Waals surface area contributed by atoms with Gasteiger partial charge in [0.2, 0.25) is 10.0 Å². The van der Waals surface area contributed by atoms with Crippen LogP contribution in [0.2, 0.25) is 0 Å². The number of rotatable bonds is 6. The minimum Gasteiger partial charge on any atom is -0.435 e. The van der Waals surface area contributed by atoms with Gasteiger partial charge < -0.3 is 4.74 Å². The van der Waals surface area contributed by atoms with Crippen molar-refractivity contribution < 1.29 is 21.9 Å². The first-order valence-electron chi connectivity index (χ1n) is 9.30. The molecule has 0 radical (unpaired) electrons. The van der Waals surface area contributed by atoms with Gasteiger partial charge in [0.25, 0.3) is 0 Å². The lowest BCUT2D eigenvalue weighted by atomic mass is 9.83. The van der Waals surface area contributed by atoms with Crippen molar-refractivity contribution in [3.63, 3.8) is 0 Å². The Hall–Kier alpha value is -0.960. The van der Waals surface area contributed by atoms with E-state index in [1.165, 1.54) is 28.6 Å². The zero-order valence-corrected chi connectivity index (χ0v) is 16.6. The van der Waals surface area contributed by atoms with Gasteiger partial charge in [-0.25, -0.2) is 12.8 Å². The smallest absolute Gasteiger partial charge is 0.387 e. The molecule has 2 heterocycles. The average Bonchev–Trinajstić information content (AvgIpc) is 2.64. The average molecular weight is 423 g/mol. The molecule has 0 amide bonds. The molecule has 2 aliphatic heterocycles. The minimum atomic E-state index is -3.60. The second kappa shape index (κ2) is 9.03. The fourth-order valence-electron chi connectivity index (χ4n) is 3.94. The molecular formula is C18H25ClF2N2O3S. The van der Waals surface area contributed by atoms with Crippen LogP contribution in [0.1, 0.15) is 32.1 Å². The first-order valence-corrected chi connectivity index (χ1v) is 11.1. The van der Waals surface area contributed by atoms with Crippen molar-refractivity contribution in [3.8, 4) is 5.75 Å². The summed E-state index contributed by atoms with van der Waals surface area (Å²) in [5, 5.41) is 0. The van der Waals surface area contributed by atoms with E-state index in [0.717, 1.165) is 45.2 Å². The number of hydrogen-bond acceptors (Lipinski definition) is 4. The first-order chi connectivity index (χ1) is 12.8. The second-order valence-electron chi connectivity index (χ2n) is 7.29. The molecule has 27 heavy (non-hydrogen) atoms. The summed E-state index contributed by atoms with van der Waals surface area (Å²) in [4.78, 5) is 0.108. The molecule has 152 valence electrons. The van der Waals surface area contributed by atoms with E-state index in [9.17, 15) is 17.2 Å². The maximum atomic E-state index is 12.8. The molecule has 1 aromatic carbocycles. The molecule has 5 nitrogen and oxygen atoms in total. The predicted octanol–water partition coefficient (Wildman–Crippen LogP) is 3.94. The highest BCUT2D eigenvalue weighted by Crippen LogP contribution is 2.32. The molecule has 0 aromatic heterocycles. The fraction of sp³-hybridized carbons (Fsp3) is 0.667. The van der Waals surface area contributed by atoms with E-state index >= 15 is 0 Å². The van der Waals surface area contributed by atoms with E-state index in [-0.39, 0.29) is 10.6 Å². The second-order valence-corrected chi connectivity index (χ2v) is 9.70. The van der Waals surface area contributed by atoms with Gasteiger partial charge in [0, 0.05) is 26.2 Å². The Morgan fingerprint density at radius 1 is 1.00 bits per heavy atom. The van der Waals surface area contributed by atoms with Crippen LogP contribution in [0.15, 0.2) is 29.2 Å². The number of nitrogens with zero attached hydrogens (tertiary/aromatic N) is 2. The van der Waals surface area contributed by atoms with Gasteiger partial charge in [-0.05, 0) is 80.0 Å². The van der Waals surface area contributed by atoms with Crippen LogP contribution in [0.5, 0.6) is 5.75 Å². The van der Waals surface area contributed by atoms with Crippen LogP contribution in [0.3, 0.4) is 0 Å². The summed E-state index contributed by atoms with van der Waals surface area (Å²) < 4.78 is 57.6. The maximum absolute atomic E-state index is 12.8. The third-order valence-electron chi connectivity index (χ3n) is 5.49. The molecule has 0 atom stereocenters. The van der Waals surface area contributed by atoms with Gasteiger partial charge in [-0.2, -0.15) is 13.1 Å². The zero-order chi connectivity index (χ0) is 19.4. The van der Waals surface area contributed by atoms with Crippen molar-refractivity contribution in [3.05, 3.63) is 24.3 Å². The lowest BCUT2D eigenvalue weighted by molar-refractivity contribution is -0.0498. The number of benzene rings is 1. The standard InChI is InChI=1S/C18H25ClF2N2O3S/c19-22-9-5-14(6-10-22)13-15-7-11-23(12-8-15)27(24,25)17-3-1-16(2-4-17)26-18(20)21/h1-4,14-15,18H,5-13H2. The van der Waals surface area contributed by atoms with Crippen molar-refractivity contribution >= 4 is 21.8 Å². The monoisotopic (exact) mass is 422 g/mol. The lowest BCUT2D eigenvalue weighted by Gasteiger charge is -2.34. The van der Waals surface area contributed by atoms with Crippen LogP contribution < -0.4 is 4.74 Å². The first kappa shape index (κ1) is 20.8. The molecule has 0 aliphatic carbocycles. The third kappa shape index (κ3) is 5.53. The molecule has 2 saturated heterocycles. The van der Waals surface area contributed by atoms with Crippen molar-refractivity contribution in [2.24, 2.45) is 11.8 Å². The molecule has 0 spiro atoms. The Balaban J connectivity index is 1.53.